The first-order valence-corrected chi connectivity index (χ1v) is 5.66. The number of nitrogens with one attached hydrogen (secondary N) is 1. The average molecular weight is 246 g/mol. The van der Waals surface area contributed by atoms with E-state index >= 15 is 0 Å². The molecule has 1 aromatic carbocycles. The van der Waals surface area contributed by atoms with Gasteiger partial charge < -0.3 is 5.43 Å². The third-order valence-electron chi connectivity index (χ3n) is 2.81. The van der Waals surface area contributed by atoms with E-state index in [0.29, 0.717) is 17.9 Å². The Hall–Kier alpha value is -2.01. The molecule has 0 aliphatic carbocycles. The van der Waals surface area contributed by atoms with Crippen LogP contribution >= 0.6 is 0 Å². The Morgan fingerprint density at radius 2 is 1.94 bits per heavy atom. The van der Waals surface area contributed by atoms with Crippen molar-refractivity contribution in [1.82, 2.24) is 9.97 Å². The van der Waals surface area contributed by atoms with Crippen molar-refractivity contribution >= 4 is 5.82 Å². The smallest absolute Gasteiger partial charge is 0.187 e. The van der Waals surface area contributed by atoms with E-state index < -0.39 is 5.82 Å². The number of anilines is 1. The van der Waals surface area contributed by atoms with Gasteiger partial charge in [-0.1, -0.05) is 24.3 Å². The highest BCUT2D eigenvalue weighted by atomic mass is 19.1. The van der Waals surface area contributed by atoms with Crippen LogP contribution in [0.2, 0.25) is 0 Å². The highest BCUT2D eigenvalue weighted by Crippen LogP contribution is 2.16. The zero-order chi connectivity index (χ0) is 13.1. The molecule has 2 aromatic rings. The molecule has 94 valence electrons. The summed E-state index contributed by atoms with van der Waals surface area (Å²) in [4.78, 5) is 8.20. The van der Waals surface area contributed by atoms with Crippen LogP contribution in [0.15, 0.2) is 24.3 Å². The molecule has 2 rings (SSSR count). The third kappa shape index (κ3) is 2.46. The van der Waals surface area contributed by atoms with Gasteiger partial charge in [-0.15, -0.1) is 0 Å². The van der Waals surface area contributed by atoms with E-state index in [-0.39, 0.29) is 5.82 Å². The summed E-state index contributed by atoms with van der Waals surface area (Å²) >= 11 is 0. The number of hydrogen-bond donors (Lipinski definition) is 2. The lowest BCUT2D eigenvalue weighted by Crippen LogP contribution is -2.14. The number of hydrazine groups is 1. The van der Waals surface area contributed by atoms with Gasteiger partial charge in [0.1, 0.15) is 5.82 Å². The predicted molar refractivity (Wildman–Crippen MR) is 68.5 cm³/mol. The summed E-state index contributed by atoms with van der Waals surface area (Å²) in [5.41, 5.74) is 4.82. The molecule has 1 aromatic heterocycles. The maximum atomic E-state index is 13.5. The molecule has 0 bridgehead atoms. The van der Waals surface area contributed by atoms with Crippen molar-refractivity contribution in [2.75, 3.05) is 5.43 Å². The zero-order valence-corrected chi connectivity index (χ0v) is 10.4. The molecule has 3 N–H and O–H groups in total. The number of nitrogens with two attached hydrogens (primary N) is 1. The van der Waals surface area contributed by atoms with Crippen LogP contribution in [0.1, 0.15) is 22.6 Å². The topological polar surface area (TPSA) is 63.8 Å². The van der Waals surface area contributed by atoms with Gasteiger partial charge in [-0.05, 0) is 25.0 Å². The zero-order valence-electron chi connectivity index (χ0n) is 10.4. The van der Waals surface area contributed by atoms with Crippen LogP contribution in [-0.2, 0) is 6.42 Å². The quantitative estimate of drug-likeness (QED) is 0.643. The number of nitrogens with zero attached hydrogens (tertiary/aromatic N) is 2. The Labute approximate surface area is 105 Å². The van der Waals surface area contributed by atoms with Gasteiger partial charge in [-0.3, -0.25) is 0 Å². The van der Waals surface area contributed by atoms with Crippen molar-refractivity contribution in [3.8, 4) is 0 Å². The van der Waals surface area contributed by atoms with Gasteiger partial charge in [0.05, 0.1) is 5.69 Å². The maximum Gasteiger partial charge on any atom is 0.187 e. The van der Waals surface area contributed by atoms with Crippen molar-refractivity contribution < 1.29 is 4.39 Å². The molecule has 0 aliphatic rings. The lowest BCUT2D eigenvalue weighted by molar-refractivity contribution is 0.601. The fourth-order valence-corrected chi connectivity index (χ4v) is 1.77. The minimum atomic E-state index is -0.508. The molecule has 1 heterocycles. The van der Waals surface area contributed by atoms with E-state index in [0.717, 1.165) is 11.1 Å². The number of benzene rings is 1. The SMILES string of the molecule is Cc1ccccc1Cc1nc(C)c(F)c(NN)n1. The van der Waals surface area contributed by atoms with Crippen LogP contribution in [0.4, 0.5) is 10.2 Å². The van der Waals surface area contributed by atoms with E-state index in [2.05, 4.69) is 15.4 Å². The number of aromatic nitrogens is 2. The number of halogens is 1. The van der Waals surface area contributed by atoms with Crippen LogP contribution in [0.5, 0.6) is 0 Å². The minimum absolute atomic E-state index is 0.0334. The fraction of sp³-hybridized carbons (Fsp3) is 0.231. The summed E-state index contributed by atoms with van der Waals surface area (Å²) in [6.45, 7) is 3.62. The molecule has 0 fully saturated rings. The molecule has 0 unspecified atom stereocenters. The monoisotopic (exact) mass is 246 g/mol. The van der Waals surface area contributed by atoms with Crippen molar-refractivity contribution in [2.24, 2.45) is 5.84 Å². The maximum absolute atomic E-state index is 13.5. The normalized spacial score (nSPS) is 10.4. The molecule has 0 saturated heterocycles. The molecule has 5 heteroatoms. The first kappa shape index (κ1) is 12.4. The van der Waals surface area contributed by atoms with E-state index in [9.17, 15) is 4.39 Å². The van der Waals surface area contributed by atoms with E-state index in [1.54, 1.807) is 6.92 Å². The fourth-order valence-electron chi connectivity index (χ4n) is 1.77. The Morgan fingerprint density at radius 3 is 2.61 bits per heavy atom. The number of hydrogen-bond acceptors (Lipinski definition) is 4. The number of rotatable bonds is 3. The molecule has 18 heavy (non-hydrogen) atoms. The first-order chi connectivity index (χ1) is 8.61. The van der Waals surface area contributed by atoms with Crippen LogP contribution in [0, 0.1) is 19.7 Å². The van der Waals surface area contributed by atoms with E-state index in [1.807, 2.05) is 31.2 Å². The van der Waals surface area contributed by atoms with Crippen LogP contribution in [0.25, 0.3) is 0 Å². The Morgan fingerprint density at radius 1 is 1.22 bits per heavy atom. The minimum Gasteiger partial charge on any atom is -0.306 e. The molecular formula is C13H15FN4. The van der Waals surface area contributed by atoms with Crippen molar-refractivity contribution in [1.29, 1.82) is 0 Å². The van der Waals surface area contributed by atoms with Gasteiger partial charge in [-0.2, -0.15) is 0 Å². The van der Waals surface area contributed by atoms with Crippen LogP contribution < -0.4 is 11.3 Å². The van der Waals surface area contributed by atoms with Gasteiger partial charge in [0, 0.05) is 6.42 Å². The van der Waals surface area contributed by atoms with Gasteiger partial charge in [0.15, 0.2) is 11.6 Å². The summed E-state index contributed by atoms with van der Waals surface area (Å²) in [5.74, 6) is 5.31. The summed E-state index contributed by atoms with van der Waals surface area (Å²) in [6, 6.07) is 7.96. The lowest BCUT2D eigenvalue weighted by atomic mass is 10.1. The number of aryl methyl sites for hydroxylation is 2. The van der Waals surface area contributed by atoms with Crippen LogP contribution in [-0.4, -0.2) is 9.97 Å². The average Bonchev–Trinajstić information content (AvgIpc) is 2.36. The second kappa shape index (κ2) is 5.10. The summed E-state index contributed by atoms with van der Waals surface area (Å²) < 4.78 is 13.5. The van der Waals surface area contributed by atoms with Crippen LogP contribution in [0.3, 0.4) is 0 Å². The molecular weight excluding hydrogens is 231 g/mol. The molecule has 0 aliphatic heterocycles. The summed E-state index contributed by atoms with van der Waals surface area (Å²) in [5, 5.41) is 0. The number of nitrogen functional groups attached to an aromatic ring is 1. The highest BCUT2D eigenvalue weighted by molar-refractivity contribution is 5.38. The van der Waals surface area contributed by atoms with Crippen molar-refractivity contribution in [3.63, 3.8) is 0 Å². The van der Waals surface area contributed by atoms with Crippen molar-refractivity contribution in [3.05, 3.63) is 52.7 Å². The largest absolute Gasteiger partial charge is 0.306 e. The molecule has 4 nitrogen and oxygen atoms in total. The van der Waals surface area contributed by atoms with E-state index in [1.165, 1.54) is 0 Å². The Balaban J connectivity index is 2.36. The second-order valence-electron chi connectivity index (χ2n) is 4.14. The molecule has 0 radical (unpaired) electrons. The second-order valence-corrected chi connectivity index (χ2v) is 4.14. The molecule has 0 atom stereocenters. The third-order valence-corrected chi connectivity index (χ3v) is 2.81. The first-order valence-electron chi connectivity index (χ1n) is 5.66. The summed E-state index contributed by atoms with van der Waals surface area (Å²) in [6.07, 6.45) is 0.558. The Bertz CT molecular complexity index is 569. The summed E-state index contributed by atoms with van der Waals surface area (Å²) in [7, 11) is 0. The van der Waals surface area contributed by atoms with Crippen molar-refractivity contribution in [2.45, 2.75) is 20.3 Å². The van der Waals surface area contributed by atoms with Gasteiger partial charge in [-0.25, -0.2) is 20.2 Å². The van der Waals surface area contributed by atoms with E-state index in [4.69, 9.17) is 5.84 Å². The van der Waals surface area contributed by atoms with Gasteiger partial charge >= 0.3 is 0 Å². The highest BCUT2D eigenvalue weighted by Gasteiger charge is 2.11. The molecule has 0 spiro atoms. The Kier molecular flexibility index (Phi) is 3.53. The molecule has 0 amide bonds. The predicted octanol–water partition coefficient (Wildman–Crippen LogP) is 2.11. The van der Waals surface area contributed by atoms with Gasteiger partial charge in [0.25, 0.3) is 0 Å². The molecule has 0 saturated carbocycles. The van der Waals surface area contributed by atoms with Gasteiger partial charge in [0.2, 0.25) is 0 Å². The standard InChI is InChI=1S/C13H15FN4/c1-8-5-3-4-6-10(8)7-11-16-9(2)12(14)13(17-11)18-15/h3-6H,7,15H2,1-2H3,(H,16,17,18). The lowest BCUT2D eigenvalue weighted by Gasteiger charge is -2.08.